The fourth-order valence-corrected chi connectivity index (χ4v) is 2.02. The van der Waals surface area contributed by atoms with E-state index in [0.29, 0.717) is 29.0 Å². The molecule has 1 aromatic heterocycles. The molecule has 1 atom stereocenters. The molecule has 2 rings (SSSR count). The maximum Gasteiger partial charge on any atom is 0.252 e. The predicted octanol–water partition coefficient (Wildman–Crippen LogP) is 0.997. The van der Waals surface area contributed by atoms with E-state index in [1.54, 1.807) is 12.3 Å². The highest BCUT2D eigenvalue weighted by atomic mass is 16.1. The highest BCUT2D eigenvalue weighted by molar-refractivity contribution is 5.98. The van der Waals surface area contributed by atoms with Gasteiger partial charge in [-0.05, 0) is 31.7 Å². The third-order valence-electron chi connectivity index (χ3n) is 3.40. The van der Waals surface area contributed by atoms with Crippen LogP contribution in [0.15, 0.2) is 12.3 Å². The SMILES string of the molecule is CC(C1CC1)N(C)c1ncc(N)cc1C(N)=O. The number of primary amides is 1. The van der Waals surface area contributed by atoms with E-state index < -0.39 is 5.91 Å². The van der Waals surface area contributed by atoms with Gasteiger partial charge in [0, 0.05) is 13.1 Å². The van der Waals surface area contributed by atoms with E-state index in [4.69, 9.17) is 11.5 Å². The Morgan fingerprint density at radius 1 is 1.59 bits per heavy atom. The maximum atomic E-state index is 11.4. The standard InChI is InChI=1S/C12H18N4O/c1-7(8-3-4-8)16(2)12-10(11(14)17)5-9(13)6-15-12/h5-8H,3-4,13H2,1-2H3,(H2,14,17). The van der Waals surface area contributed by atoms with Crippen molar-refractivity contribution in [1.29, 1.82) is 0 Å². The third kappa shape index (κ3) is 2.33. The average Bonchev–Trinajstić information content (AvgIpc) is 3.10. The molecule has 0 bridgehead atoms. The minimum Gasteiger partial charge on any atom is -0.397 e. The molecule has 0 spiro atoms. The fourth-order valence-electron chi connectivity index (χ4n) is 2.02. The molecule has 92 valence electrons. The van der Waals surface area contributed by atoms with Crippen LogP contribution in [-0.4, -0.2) is 24.0 Å². The van der Waals surface area contributed by atoms with Gasteiger partial charge in [-0.1, -0.05) is 0 Å². The number of aromatic nitrogens is 1. The molecule has 5 heteroatoms. The first-order valence-electron chi connectivity index (χ1n) is 5.79. The van der Waals surface area contributed by atoms with Crippen LogP contribution in [0.1, 0.15) is 30.1 Å². The van der Waals surface area contributed by atoms with Crippen molar-refractivity contribution in [2.75, 3.05) is 17.7 Å². The Morgan fingerprint density at radius 2 is 2.24 bits per heavy atom. The van der Waals surface area contributed by atoms with E-state index in [-0.39, 0.29) is 0 Å². The fraction of sp³-hybridized carbons (Fsp3) is 0.500. The molecule has 1 fully saturated rings. The lowest BCUT2D eigenvalue weighted by Gasteiger charge is -2.27. The van der Waals surface area contributed by atoms with Crippen molar-refractivity contribution < 1.29 is 4.79 Å². The number of carbonyl (C=O) groups is 1. The van der Waals surface area contributed by atoms with E-state index in [1.165, 1.54) is 12.8 Å². The van der Waals surface area contributed by atoms with Gasteiger partial charge in [-0.3, -0.25) is 4.79 Å². The van der Waals surface area contributed by atoms with Crippen molar-refractivity contribution in [2.45, 2.75) is 25.8 Å². The van der Waals surface area contributed by atoms with Gasteiger partial charge in [0.05, 0.1) is 17.4 Å². The zero-order valence-electron chi connectivity index (χ0n) is 10.2. The Kier molecular flexibility index (Phi) is 2.92. The van der Waals surface area contributed by atoms with Gasteiger partial charge in [-0.2, -0.15) is 0 Å². The van der Waals surface area contributed by atoms with E-state index in [0.717, 1.165) is 0 Å². The summed E-state index contributed by atoms with van der Waals surface area (Å²) in [5.41, 5.74) is 11.8. The van der Waals surface area contributed by atoms with Crippen molar-refractivity contribution in [3.05, 3.63) is 17.8 Å². The summed E-state index contributed by atoms with van der Waals surface area (Å²) in [6, 6.07) is 1.95. The Labute approximate surface area is 101 Å². The van der Waals surface area contributed by atoms with Crippen LogP contribution in [0.5, 0.6) is 0 Å². The van der Waals surface area contributed by atoms with E-state index >= 15 is 0 Å². The monoisotopic (exact) mass is 234 g/mol. The van der Waals surface area contributed by atoms with E-state index in [9.17, 15) is 4.79 Å². The lowest BCUT2D eigenvalue weighted by Crippen LogP contribution is -2.33. The van der Waals surface area contributed by atoms with Crippen LogP contribution in [-0.2, 0) is 0 Å². The molecule has 1 heterocycles. The van der Waals surface area contributed by atoms with Crippen LogP contribution in [0.2, 0.25) is 0 Å². The third-order valence-corrected chi connectivity index (χ3v) is 3.40. The topological polar surface area (TPSA) is 85.2 Å². The highest BCUT2D eigenvalue weighted by Gasteiger charge is 2.32. The largest absolute Gasteiger partial charge is 0.397 e. The highest BCUT2D eigenvalue weighted by Crippen LogP contribution is 2.36. The molecule has 1 saturated carbocycles. The number of rotatable bonds is 4. The molecule has 17 heavy (non-hydrogen) atoms. The molecule has 5 nitrogen and oxygen atoms in total. The molecular formula is C12H18N4O. The Balaban J connectivity index is 2.32. The zero-order valence-corrected chi connectivity index (χ0v) is 10.2. The Morgan fingerprint density at radius 3 is 2.76 bits per heavy atom. The summed E-state index contributed by atoms with van der Waals surface area (Å²) in [5, 5.41) is 0. The van der Waals surface area contributed by atoms with Crippen LogP contribution in [0.3, 0.4) is 0 Å². The minimum absolute atomic E-state index is 0.365. The van der Waals surface area contributed by atoms with Crippen LogP contribution in [0.4, 0.5) is 11.5 Å². The lowest BCUT2D eigenvalue weighted by molar-refractivity contribution is 0.100. The molecule has 1 amide bonds. The number of pyridine rings is 1. The maximum absolute atomic E-state index is 11.4. The quantitative estimate of drug-likeness (QED) is 0.813. The Bertz CT molecular complexity index is 442. The zero-order chi connectivity index (χ0) is 12.6. The first kappa shape index (κ1) is 11.7. The van der Waals surface area contributed by atoms with Gasteiger partial charge in [0.1, 0.15) is 5.82 Å². The summed E-state index contributed by atoms with van der Waals surface area (Å²) in [6.45, 7) is 2.14. The first-order valence-corrected chi connectivity index (χ1v) is 5.79. The van der Waals surface area contributed by atoms with Gasteiger partial charge in [0.2, 0.25) is 0 Å². The second-order valence-corrected chi connectivity index (χ2v) is 4.69. The first-order chi connectivity index (χ1) is 8.00. The molecule has 1 aromatic rings. The number of nitrogen functional groups attached to an aromatic ring is 1. The average molecular weight is 234 g/mol. The summed E-state index contributed by atoms with van der Waals surface area (Å²) in [4.78, 5) is 17.6. The molecule has 0 saturated heterocycles. The van der Waals surface area contributed by atoms with Crippen molar-refractivity contribution in [1.82, 2.24) is 4.98 Å². The minimum atomic E-state index is -0.491. The van der Waals surface area contributed by atoms with Gasteiger partial charge in [0.25, 0.3) is 5.91 Å². The molecule has 1 aliphatic rings. The van der Waals surface area contributed by atoms with Crippen LogP contribution < -0.4 is 16.4 Å². The smallest absolute Gasteiger partial charge is 0.252 e. The summed E-state index contributed by atoms with van der Waals surface area (Å²) in [6.07, 6.45) is 4.04. The van der Waals surface area contributed by atoms with Gasteiger partial charge >= 0.3 is 0 Å². The molecular weight excluding hydrogens is 216 g/mol. The number of carbonyl (C=O) groups excluding carboxylic acids is 1. The lowest BCUT2D eigenvalue weighted by atomic mass is 10.1. The molecule has 1 unspecified atom stereocenters. The van der Waals surface area contributed by atoms with Crippen molar-refractivity contribution in [2.24, 2.45) is 11.7 Å². The van der Waals surface area contributed by atoms with Gasteiger partial charge < -0.3 is 16.4 Å². The second kappa shape index (κ2) is 4.24. The molecule has 4 N–H and O–H groups in total. The molecule has 1 aliphatic carbocycles. The number of amides is 1. The summed E-state index contributed by atoms with van der Waals surface area (Å²) in [7, 11) is 1.94. The number of anilines is 2. The number of hydrogen-bond donors (Lipinski definition) is 2. The molecule has 0 radical (unpaired) electrons. The van der Waals surface area contributed by atoms with Crippen molar-refractivity contribution in [3.63, 3.8) is 0 Å². The molecule has 0 aliphatic heterocycles. The van der Waals surface area contributed by atoms with E-state index in [1.807, 2.05) is 11.9 Å². The number of hydrogen-bond acceptors (Lipinski definition) is 4. The molecule has 0 aromatic carbocycles. The summed E-state index contributed by atoms with van der Waals surface area (Å²) >= 11 is 0. The van der Waals surface area contributed by atoms with E-state index in [2.05, 4.69) is 11.9 Å². The normalized spacial score (nSPS) is 16.6. The predicted molar refractivity (Wildman–Crippen MR) is 67.8 cm³/mol. The Hall–Kier alpha value is -1.78. The number of nitrogens with two attached hydrogens (primary N) is 2. The van der Waals surface area contributed by atoms with Crippen LogP contribution in [0, 0.1) is 5.92 Å². The van der Waals surface area contributed by atoms with Gasteiger partial charge in [-0.25, -0.2) is 4.98 Å². The van der Waals surface area contributed by atoms with Crippen LogP contribution in [0.25, 0.3) is 0 Å². The summed E-state index contributed by atoms with van der Waals surface area (Å²) < 4.78 is 0. The second-order valence-electron chi connectivity index (χ2n) is 4.69. The van der Waals surface area contributed by atoms with Gasteiger partial charge in [-0.15, -0.1) is 0 Å². The number of nitrogens with zero attached hydrogens (tertiary/aromatic N) is 2. The van der Waals surface area contributed by atoms with Gasteiger partial charge in [0.15, 0.2) is 0 Å². The van der Waals surface area contributed by atoms with Crippen molar-refractivity contribution >= 4 is 17.4 Å². The van der Waals surface area contributed by atoms with Crippen LogP contribution >= 0.6 is 0 Å². The van der Waals surface area contributed by atoms with Crippen molar-refractivity contribution in [3.8, 4) is 0 Å². The summed E-state index contributed by atoms with van der Waals surface area (Å²) in [5.74, 6) is 0.820.